The molecule has 0 radical (unpaired) electrons. The Labute approximate surface area is 284 Å². The summed E-state index contributed by atoms with van der Waals surface area (Å²) < 4.78 is 38.1. The van der Waals surface area contributed by atoms with Crippen molar-refractivity contribution in [3.63, 3.8) is 0 Å². The van der Waals surface area contributed by atoms with E-state index in [2.05, 4.69) is 4.98 Å². The highest BCUT2D eigenvalue weighted by atomic mass is 32.5. The molecule has 48 heavy (non-hydrogen) atoms. The minimum Gasteiger partial charge on any atom is -0.497 e. The molecule has 1 N–H and O–H groups in total. The first-order valence-electron chi connectivity index (χ1n) is 15.3. The number of aromatic nitrogens is 2. The highest BCUT2D eigenvalue weighted by molar-refractivity contribution is 8.09. The molecule has 0 saturated carbocycles. The number of benzene rings is 3. The summed E-state index contributed by atoms with van der Waals surface area (Å²) in [4.78, 5) is 27.4. The van der Waals surface area contributed by atoms with Crippen molar-refractivity contribution in [2.45, 2.75) is 43.8 Å². The summed E-state index contributed by atoms with van der Waals surface area (Å²) in [5.41, 5.74) is 0.681. The van der Waals surface area contributed by atoms with E-state index in [1.807, 2.05) is 84.9 Å². The lowest BCUT2D eigenvalue weighted by atomic mass is 9.80. The van der Waals surface area contributed by atoms with Gasteiger partial charge in [-0.3, -0.25) is 14.3 Å². The predicted molar refractivity (Wildman–Crippen MR) is 184 cm³/mol. The van der Waals surface area contributed by atoms with Gasteiger partial charge in [0.2, 0.25) is 0 Å². The highest BCUT2D eigenvalue weighted by Gasteiger charge is 2.44. The number of hydrogen-bond acceptors (Lipinski definition) is 10. The van der Waals surface area contributed by atoms with Gasteiger partial charge in [-0.05, 0) is 59.7 Å². The third-order valence-corrected chi connectivity index (χ3v) is 10.0. The van der Waals surface area contributed by atoms with Crippen molar-refractivity contribution < 1.29 is 28.0 Å². The zero-order valence-electron chi connectivity index (χ0n) is 27.2. The van der Waals surface area contributed by atoms with Crippen LogP contribution in [0.15, 0.2) is 94.6 Å². The van der Waals surface area contributed by atoms with E-state index >= 15 is 0 Å². The fourth-order valence-electron chi connectivity index (χ4n) is 5.75. The van der Waals surface area contributed by atoms with Gasteiger partial charge in [0.1, 0.15) is 29.4 Å². The van der Waals surface area contributed by atoms with Crippen LogP contribution in [0.5, 0.6) is 11.5 Å². The molecule has 0 spiro atoms. The first-order valence-corrected chi connectivity index (χ1v) is 18.4. The maximum absolute atomic E-state index is 12.9. The van der Waals surface area contributed by atoms with E-state index in [0.29, 0.717) is 17.1 Å². The van der Waals surface area contributed by atoms with E-state index < -0.39 is 41.8 Å². The molecule has 1 unspecified atom stereocenters. The van der Waals surface area contributed by atoms with Gasteiger partial charge < -0.3 is 28.0 Å². The average molecular weight is 692 g/mol. The Bertz CT molecular complexity index is 1840. The van der Waals surface area contributed by atoms with Crippen LogP contribution in [0.25, 0.3) is 0 Å². The Hall–Kier alpha value is -4.08. The highest BCUT2D eigenvalue weighted by Crippen LogP contribution is 2.50. The molecular formula is C35H38N3O8PS. The normalized spacial score (nSPS) is 18.9. The minimum absolute atomic E-state index is 0.0126. The molecule has 5 rings (SSSR count). The number of H-pyrrole nitrogens is 1. The second-order valence-electron chi connectivity index (χ2n) is 11.3. The van der Waals surface area contributed by atoms with Crippen LogP contribution >= 0.6 is 6.49 Å². The molecule has 0 bridgehead atoms. The van der Waals surface area contributed by atoms with E-state index in [1.54, 1.807) is 27.8 Å². The van der Waals surface area contributed by atoms with Crippen LogP contribution in [-0.4, -0.2) is 55.9 Å². The van der Waals surface area contributed by atoms with E-state index in [9.17, 15) is 9.59 Å². The molecule has 1 fully saturated rings. The van der Waals surface area contributed by atoms with Crippen molar-refractivity contribution in [2.24, 2.45) is 0 Å². The number of hydrogen-bond donors (Lipinski definition) is 1. The molecule has 3 aromatic carbocycles. The lowest BCUT2D eigenvalue weighted by Gasteiger charge is -2.37. The number of aryl methyl sites for hydroxylation is 1. The number of methoxy groups -OCH3 is 2. The number of nitrogens with zero attached hydrogens (tertiary/aromatic N) is 2. The van der Waals surface area contributed by atoms with Crippen LogP contribution < -0.4 is 20.7 Å². The van der Waals surface area contributed by atoms with Gasteiger partial charge in [-0.1, -0.05) is 54.6 Å². The van der Waals surface area contributed by atoms with Crippen LogP contribution in [0.2, 0.25) is 0 Å². The summed E-state index contributed by atoms with van der Waals surface area (Å²) in [6, 6.07) is 27.2. The molecule has 0 aliphatic carbocycles. The molecule has 2 heterocycles. The molecule has 1 aliphatic rings. The summed E-state index contributed by atoms with van der Waals surface area (Å²) >= 11 is 5.72. The average Bonchev–Trinajstić information content (AvgIpc) is 3.48. The number of ether oxygens (including phenoxy) is 4. The number of rotatable bonds is 14. The molecule has 1 aromatic heterocycles. The number of nitriles is 1. The molecule has 1 aliphatic heterocycles. The van der Waals surface area contributed by atoms with Gasteiger partial charge in [-0.15, -0.1) is 0 Å². The zero-order valence-corrected chi connectivity index (χ0v) is 28.9. The summed E-state index contributed by atoms with van der Waals surface area (Å²) in [7, 11) is 3.23. The van der Waals surface area contributed by atoms with Crippen molar-refractivity contribution >= 4 is 18.3 Å². The van der Waals surface area contributed by atoms with Gasteiger partial charge in [0, 0.05) is 24.8 Å². The van der Waals surface area contributed by atoms with Crippen LogP contribution in [0, 0.1) is 18.3 Å². The predicted octanol–water partition coefficient (Wildman–Crippen LogP) is 5.41. The lowest BCUT2D eigenvalue weighted by Crippen LogP contribution is -2.38. The Morgan fingerprint density at radius 3 is 2.12 bits per heavy atom. The van der Waals surface area contributed by atoms with Crippen molar-refractivity contribution in [1.29, 1.82) is 5.26 Å². The monoisotopic (exact) mass is 691 g/mol. The maximum Gasteiger partial charge on any atom is 0.330 e. The summed E-state index contributed by atoms with van der Waals surface area (Å²) in [6.07, 6.45) is -0.268. The molecule has 252 valence electrons. The van der Waals surface area contributed by atoms with Gasteiger partial charge in [-0.25, -0.2) is 4.79 Å². The molecule has 4 aromatic rings. The molecule has 13 heteroatoms. The summed E-state index contributed by atoms with van der Waals surface area (Å²) in [6.45, 7) is 0.620. The van der Waals surface area contributed by atoms with Gasteiger partial charge in [0.25, 0.3) is 5.56 Å². The fourth-order valence-corrected chi connectivity index (χ4v) is 7.50. The number of nitrogens with one attached hydrogen (secondary N) is 1. The molecule has 1 saturated heterocycles. The molecule has 4 atom stereocenters. The van der Waals surface area contributed by atoms with Gasteiger partial charge in [-0.2, -0.15) is 5.26 Å². The molecular weight excluding hydrogens is 653 g/mol. The second kappa shape index (κ2) is 15.4. The van der Waals surface area contributed by atoms with Crippen LogP contribution in [0.3, 0.4) is 0 Å². The second-order valence-corrected chi connectivity index (χ2v) is 15.3. The Balaban J connectivity index is 1.57. The largest absolute Gasteiger partial charge is 0.497 e. The lowest BCUT2D eigenvalue weighted by molar-refractivity contribution is -0.0917. The van der Waals surface area contributed by atoms with Gasteiger partial charge >= 0.3 is 5.69 Å². The fraction of sp³-hybridized carbons (Fsp3) is 0.343. The maximum atomic E-state index is 12.9. The van der Waals surface area contributed by atoms with Gasteiger partial charge in [0.15, 0.2) is 6.49 Å². The van der Waals surface area contributed by atoms with E-state index in [1.165, 1.54) is 10.8 Å². The van der Waals surface area contributed by atoms with Crippen molar-refractivity contribution in [2.75, 3.05) is 34.1 Å². The third-order valence-electron chi connectivity index (χ3n) is 8.14. The van der Waals surface area contributed by atoms with E-state index in [-0.39, 0.29) is 26.1 Å². The SMILES string of the molecule is COc1ccc(C(OC[C@H]2O[C@@H](n3cc(C)c(=O)[nH]c3=O)C[C@@H]2OP(C)(=S)OCCC#N)(c2ccccc2)c2ccc(OC)cc2)cc1. The van der Waals surface area contributed by atoms with Crippen molar-refractivity contribution in [1.82, 2.24) is 9.55 Å². The van der Waals surface area contributed by atoms with Crippen LogP contribution in [0.1, 0.15) is 41.3 Å². The van der Waals surface area contributed by atoms with E-state index in [4.69, 9.17) is 45.1 Å². The van der Waals surface area contributed by atoms with Crippen LogP contribution in [0.4, 0.5) is 0 Å². The first-order chi connectivity index (χ1) is 23.1. The standard InChI is InChI=1S/C35H38N3O8PS/c1-24-22-38(34(40)37-33(24)39)32-21-30(46-47(4,48)44-20-8-19-36)31(45-32)23-43-35(25-9-6-5-7-10-25,26-11-15-28(41-2)16-12-26)27-13-17-29(42-3)18-14-27/h5-7,9-18,22,30-32H,8,20-21,23H2,1-4H3,(H,37,39,40)/t30-,31+,32+,47?/m0/s1. The van der Waals surface area contributed by atoms with Crippen LogP contribution in [-0.2, 0) is 35.9 Å². The third kappa shape index (κ3) is 7.79. The quantitative estimate of drug-likeness (QED) is 0.104. The first kappa shape index (κ1) is 35.2. The van der Waals surface area contributed by atoms with Crippen molar-refractivity contribution in [3.8, 4) is 17.6 Å². The Morgan fingerprint density at radius 2 is 1.56 bits per heavy atom. The molecule has 11 nitrogen and oxygen atoms in total. The van der Waals surface area contributed by atoms with Crippen molar-refractivity contribution in [3.05, 3.63) is 128 Å². The van der Waals surface area contributed by atoms with E-state index in [0.717, 1.165) is 16.7 Å². The van der Waals surface area contributed by atoms with Gasteiger partial charge in [0.05, 0.1) is 46.0 Å². The summed E-state index contributed by atoms with van der Waals surface area (Å²) in [5.74, 6) is 1.38. The molecule has 0 amide bonds. The topological polar surface area (TPSA) is 134 Å². The Kier molecular flexibility index (Phi) is 11.3. The smallest absolute Gasteiger partial charge is 0.330 e. The Morgan fingerprint density at radius 1 is 0.979 bits per heavy atom. The minimum atomic E-state index is -2.84. The summed E-state index contributed by atoms with van der Waals surface area (Å²) in [5, 5.41) is 9.00. The zero-order chi connectivity index (χ0) is 34.3. The number of aromatic amines is 1.